The first-order chi connectivity index (χ1) is 30.2. The summed E-state index contributed by atoms with van der Waals surface area (Å²) in [6.07, 6.45) is 0. The topological polar surface area (TPSA) is 30.7 Å². The Morgan fingerprint density at radius 2 is 0.590 bits per heavy atom. The van der Waals surface area contributed by atoms with Gasteiger partial charge < -0.3 is 4.57 Å². The zero-order chi connectivity index (χ0) is 40.5. The monoisotopic (exact) mass is 777 g/mol. The smallest absolute Gasteiger partial charge is 0.160 e. The number of aromatic nitrogens is 3. The van der Waals surface area contributed by atoms with Gasteiger partial charge in [-0.25, -0.2) is 9.97 Å². The lowest BCUT2D eigenvalue weighted by atomic mass is 9.97. The van der Waals surface area contributed by atoms with Gasteiger partial charge in [-0.2, -0.15) is 0 Å². The van der Waals surface area contributed by atoms with Crippen molar-refractivity contribution in [3.8, 4) is 84.1 Å². The normalized spacial score (nSPS) is 11.3. The molecule has 3 nitrogen and oxygen atoms in total. The predicted octanol–water partition coefficient (Wildman–Crippen LogP) is 15.2. The molecule has 61 heavy (non-hydrogen) atoms. The van der Waals surface area contributed by atoms with Gasteiger partial charge in [0.15, 0.2) is 5.82 Å². The van der Waals surface area contributed by atoms with Crippen molar-refractivity contribution < 1.29 is 0 Å². The molecule has 2 heterocycles. The van der Waals surface area contributed by atoms with Crippen LogP contribution >= 0.6 is 0 Å². The Labute approximate surface area is 355 Å². The summed E-state index contributed by atoms with van der Waals surface area (Å²) in [5.41, 5.74) is 17.8. The first-order valence-corrected chi connectivity index (χ1v) is 20.7. The Bertz CT molecular complexity index is 3140. The molecule has 9 aromatic carbocycles. The van der Waals surface area contributed by atoms with Gasteiger partial charge >= 0.3 is 0 Å². The number of hydrogen-bond acceptors (Lipinski definition) is 2. The van der Waals surface area contributed by atoms with Crippen molar-refractivity contribution in [2.75, 3.05) is 0 Å². The largest absolute Gasteiger partial charge is 0.309 e. The van der Waals surface area contributed by atoms with Crippen molar-refractivity contribution >= 4 is 21.8 Å². The van der Waals surface area contributed by atoms with E-state index in [1.165, 1.54) is 49.6 Å². The van der Waals surface area contributed by atoms with Crippen LogP contribution in [0.5, 0.6) is 0 Å². The summed E-state index contributed by atoms with van der Waals surface area (Å²) < 4.78 is 2.36. The molecule has 0 aliphatic heterocycles. The van der Waals surface area contributed by atoms with E-state index in [2.05, 4.69) is 229 Å². The second-order valence-corrected chi connectivity index (χ2v) is 15.4. The van der Waals surface area contributed by atoms with E-state index in [-0.39, 0.29) is 0 Å². The third-order valence-electron chi connectivity index (χ3n) is 11.7. The molecule has 0 saturated carbocycles. The van der Waals surface area contributed by atoms with E-state index in [1.54, 1.807) is 0 Å². The van der Waals surface area contributed by atoms with E-state index in [0.29, 0.717) is 5.82 Å². The van der Waals surface area contributed by atoms with Crippen molar-refractivity contribution in [3.63, 3.8) is 0 Å². The second-order valence-electron chi connectivity index (χ2n) is 15.4. The Hall–Kier alpha value is -8.14. The number of hydrogen-bond donors (Lipinski definition) is 0. The van der Waals surface area contributed by atoms with Crippen molar-refractivity contribution in [1.82, 2.24) is 14.5 Å². The fourth-order valence-corrected chi connectivity index (χ4v) is 8.49. The van der Waals surface area contributed by atoms with Gasteiger partial charge in [-0.3, -0.25) is 0 Å². The third kappa shape index (κ3) is 6.98. The van der Waals surface area contributed by atoms with Crippen LogP contribution in [-0.2, 0) is 0 Å². The number of rotatable bonds is 8. The highest BCUT2D eigenvalue weighted by Crippen LogP contribution is 2.35. The number of fused-ring (bicyclic) bond motifs is 3. The van der Waals surface area contributed by atoms with E-state index in [1.807, 2.05) is 12.1 Å². The first-order valence-electron chi connectivity index (χ1n) is 20.7. The van der Waals surface area contributed by atoms with Gasteiger partial charge in [0, 0.05) is 33.2 Å². The maximum Gasteiger partial charge on any atom is 0.160 e. The molecule has 0 amide bonds. The molecule has 0 bridgehead atoms. The Morgan fingerprint density at radius 1 is 0.246 bits per heavy atom. The average Bonchev–Trinajstić information content (AvgIpc) is 3.69. The summed E-state index contributed by atoms with van der Waals surface area (Å²) in [6.45, 7) is 0. The minimum absolute atomic E-state index is 0.695. The highest BCUT2D eigenvalue weighted by Gasteiger charge is 2.14. The first kappa shape index (κ1) is 36.0. The summed E-state index contributed by atoms with van der Waals surface area (Å²) >= 11 is 0. The summed E-state index contributed by atoms with van der Waals surface area (Å²) in [4.78, 5) is 10.3. The number of para-hydroxylation sites is 2. The maximum atomic E-state index is 5.17. The Kier molecular flexibility index (Phi) is 9.18. The third-order valence-corrected chi connectivity index (χ3v) is 11.7. The zero-order valence-electron chi connectivity index (χ0n) is 33.4. The van der Waals surface area contributed by atoms with Crippen LogP contribution in [0.3, 0.4) is 0 Å². The van der Waals surface area contributed by atoms with Crippen LogP contribution in [0.4, 0.5) is 0 Å². The molecule has 0 unspecified atom stereocenters. The molecular formula is C58H39N3. The molecular weight excluding hydrogens is 739 g/mol. The molecule has 0 radical (unpaired) electrons. The number of benzene rings is 9. The van der Waals surface area contributed by atoms with Crippen molar-refractivity contribution in [3.05, 3.63) is 237 Å². The summed E-state index contributed by atoms with van der Waals surface area (Å²) in [5.74, 6) is 0.695. The molecule has 0 saturated heterocycles. The molecule has 11 aromatic rings. The molecule has 11 rings (SSSR count). The Morgan fingerprint density at radius 3 is 1.07 bits per heavy atom. The quantitative estimate of drug-likeness (QED) is 0.154. The van der Waals surface area contributed by atoms with Crippen LogP contribution < -0.4 is 0 Å². The zero-order valence-corrected chi connectivity index (χ0v) is 33.4. The standard InChI is InChI=1S/C58H39N3/c1-3-12-40(13-4-1)42-22-28-46(29-23-42)54-39-55(60-58(59-54)48-32-26-43(27-33-48)41-14-5-2-6-15-41)47-30-24-44(25-31-47)49-16-11-17-50(38-49)45-34-36-51(37-35-45)61-56-20-9-7-18-52(56)53-19-8-10-21-57(53)61/h1-39H. The maximum absolute atomic E-state index is 5.17. The van der Waals surface area contributed by atoms with E-state index in [0.717, 1.165) is 50.5 Å². The van der Waals surface area contributed by atoms with Gasteiger partial charge in [-0.05, 0) is 80.9 Å². The van der Waals surface area contributed by atoms with Crippen LogP contribution in [0.1, 0.15) is 0 Å². The van der Waals surface area contributed by atoms with Gasteiger partial charge in [0.1, 0.15) is 0 Å². The van der Waals surface area contributed by atoms with Gasteiger partial charge in [-0.1, -0.05) is 200 Å². The lowest BCUT2D eigenvalue weighted by Gasteiger charge is -2.12. The molecule has 0 fully saturated rings. The summed E-state index contributed by atoms with van der Waals surface area (Å²) in [7, 11) is 0. The van der Waals surface area contributed by atoms with Crippen LogP contribution in [-0.4, -0.2) is 14.5 Å². The van der Waals surface area contributed by atoms with E-state index in [4.69, 9.17) is 9.97 Å². The fourth-order valence-electron chi connectivity index (χ4n) is 8.49. The summed E-state index contributed by atoms with van der Waals surface area (Å²) in [6, 6.07) is 84.0. The van der Waals surface area contributed by atoms with Crippen LogP contribution in [0.2, 0.25) is 0 Å². The fraction of sp³-hybridized carbons (Fsp3) is 0. The molecule has 3 heteroatoms. The molecule has 2 aromatic heterocycles. The van der Waals surface area contributed by atoms with Gasteiger partial charge in [0.25, 0.3) is 0 Å². The molecule has 0 N–H and O–H groups in total. The van der Waals surface area contributed by atoms with E-state index >= 15 is 0 Å². The number of nitrogens with zero attached hydrogens (tertiary/aromatic N) is 3. The second kappa shape index (κ2) is 15.6. The van der Waals surface area contributed by atoms with Gasteiger partial charge in [0.05, 0.1) is 22.4 Å². The lowest BCUT2D eigenvalue weighted by molar-refractivity contribution is 1.18. The minimum atomic E-state index is 0.695. The van der Waals surface area contributed by atoms with Crippen molar-refractivity contribution in [2.24, 2.45) is 0 Å². The lowest BCUT2D eigenvalue weighted by Crippen LogP contribution is -1.96. The molecule has 0 aliphatic rings. The van der Waals surface area contributed by atoms with Gasteiger partial charge in [0.2, 0.25) is 0 Å². The highest BCUT2D eigenvalue weighted by atomic mass is 15.0. The highest BCUT2D eigenvalue weighted by molar-refractivity contribution is 6.09. The molecule has 286 valence electrons. The van der Waals surface area contributed by atoms with Crippen molar-refractivity contribution in [1.29, 1.82) is 0 Å². The van der Waals surface area contributed by atoms with E-state index < -0.39 is 0 Å². The SMILES string of the molecule is c1ccc(-c2ccc(-c3cc(-c4ccc(-c5cccc(-c6ccc(-n7c8ccccc8c8ccccc87)cc6)c5)cc4)nc(-c4ccc(-c5ccccc5)cc4)n3)cc2)cc1. The average molecular weight is 778 g/mol. The van der Waals surface area contributed by atoms with E-state index in [9.17, 15) is 0 Å². The van der Waals surface area contributed by atoms with Crippen molar-refractivity contribution in [2.45, 2.75) is 0 Å². The predicted molar refractivity (Wildman–Crippen MR) is 254 cm³/mol. The van der Waals surface area contributed by atoms with Crippen LogP contribution in [0, 0.1) is 0 Å². The molecule has 0 spiro atoms. The molecule has 0 atom stereocenters. The summed E-state index contributed by atoms with van der Waals surface area (Å²) in [5, 5.41) is 2.54. The van der Waals surface area contributed by atoms with Crippen LogP contribution in [0.25, 0.3) is 106 Å². The molecule has 0 aliphatic carbocycles. The minimum Gasteiger partial charge on any atom is -0.309 e. The Balaban J connectivity index is 0.907. The van der Waals surface area contributed by atoms with Crippen LogP contribution in [0.15, 0.2) is 237 Å². The van der Waals surface area contributed by atoms with Gasteiger partial charge in [-0.15, -0.1) is 0 Å².